The van der Waals surface area contributed by atoms with Gasteiger partial charge in [0.2, 0.25) is 15.9 Å². The predicted molar refractivity (Wildman–Crippen MR) is 145 cm³/mol. The monoisotopic (exact) mass is 599 g/mol. The van der Waals surface area contributed by atoms with E-state index in [4.69, 9.17) is 16.3 Å². The molecule has 40 heavy (non-hydrogen) atoms. The minimum Gasteiger partial charge on any atom is -0.493 e. The van der Waals surface area contributed by atoms with E-state index in [0.29, 0.717) is 42.7 Å². The molecule has 0 bridgehead atoms. The van der Waals surface area contributed by atoms with Gasteiger partial charge in [-0.25, -0.2) is 8.42 Å². The molecule has 2 fully saturated rings. The Balaban J connectivity index is 1.26. The Labute approximate surface area is 237 Å². The number of carbonyl (C=O) groups is 1. The molecule has 5 rings (SSSR count). The summed E-state index contributed by atoms with van der Waals surface area (Å²) in [5.41, 5.74) is 0.737. The van der Waals surface area contributed by atoms with Crippen molar-refractivity contribution in [1.29, 1.82) is 0 Å². The van der Waals surface area contributed by atoms with Crippen molar-refractivity contribution < 1.29 is 31.1 Å². The Morgan fingerprint density at radius 2 is 1.82 bits per heavy atom. The maximum absolute atomic E-state index is 13.3. The highest BCUT2D eigenvalue weighted by molar-refractivity contribution is 7.89. The molecule has 7 nitrogen and oxygen atoms in total. The zero-order valence-corrected chi connectivity index (χ0v) is 23.6. The van der Waals surface area contributed by atoms with Crippen molar-refractivity contribution in [3.8, 4) is 5.75 Å². The minimum atomic E-state index is -4.66. The summed E-state index contributed by atoms with van der Waals surface area (Å²) in [5.74, 6) is 0.352. The number of ether oxygens (including phenoxy) is 1. The summed E-state index contributed by atoms with van der Waals surface area (Å²) >= 11 is 6.65. The Morgan fingerprint density at radius 3 is 2.58 bits per heavy atom. The number of sulfonamides is 1. The number of halogens is 4. The zero-order chi connectivity index (χ0) is 28.5. The number of rotatable bonds is 7. The zero-order valence-electron chi connectivity index (χ0n) is 22.1. The van der Waals surface area contributed by atoms with Crippen molar-refractivity contribution in [2.45, 2.75) is 74.6 Å². The van der Waals surface area contributed by atoms with E-state index in [1.165, 1.54) is 19.3 Å². The van der Waals surface area contributed by atoms with Crippen LogP contribution >= 0.6 is 11.6 Å². The van der Waals surface area contributed by atoms with Gasteiger partial charge >= 0.3 is 6.18 Å². The first-order valence-corrected chi connectivity index (χ1v) is 15.5. The number of nitrogens with zero attached hydrogens (tertiary/aromatic N) is 2. The predicted octanol–water partition coefficient (Wildman–Crippen LogP) is 5.53. The van der Waals surface area contributed by atoms with E-state index in [2.05, 4.69) is 10.2 Å². The Hall–Kier alpha value is -2.34. The highest BCUT2D eigenvalue weighted by Gasteiger charge is 2.38. The average molecular weight is 600 g/mol. The molecule has 1 amide bonds. The Bertz CT molecular complexity index is 1350. The van der Waals surface area contributed by atoms with E-state index in [0.717, 1.165) is 53.3 Å². The number of hydrogen-bond donors (Lipinski definition) is 1. The number of fused-ring (bicyclic) bond motifs is 1. The van der Waals surface area contributed by atoms with Gasteiger partial charge in [-0.05, 0) is 74.7 Å². The van der Waals surface area contributed by atoms with E-state index in [1.807, 2.05) is 12.1 Å². The average Bonchev–Trinajstić information content (AvgIpc) is 3.39. The summed E-state index contributed by atoms with van der Waals surface area (Å²) in [6, 6.07) is 6.53. The van der Waals surface area contributed by atoms with Crippen LogP contribution in [0.15, 0.2) is 41.3 Å². The molecule has 3 aliphatic heterocycles. The van der Waals surface area contributed by atoms with Crippen molar-refractivity contribution in [2.24, 2.45) is 0 Å². The molecule has 2 saturated heterocycles. The lowest BCUT2D eigenvalue weighted by atomic mass is 9.97. The van der Waals surface area contributed by atoms with Gasteiger partial charge in [-0.15, -0.1) is 0 Å². The van der Waals surface area contributed by atoms with Crippen molar-refractivity contribution in [3.05, 3.63) is 58.1 Å². The first-order chi connectivity index (χ1) is 19.0. The van der Waals surface area contributed by atoms with Gasteiger partial charge in [0.05, 0.1) is 23.1 Å². The van der Waals surface area contributed by atoms with Crippen LogP contribution in [0.5, 0.6) is 5.75 Å². The highest BCUT2D eigenvalue weighted by atomic mass is 35.5. The molecule has 2 aromatic rings. The van der Waals surface area contributed by atoms with Crippen LogP contribution in [0, 0.1) is 0 Å². The van der Waals surface area contributed by atoms with Crippen LogP contribution in [0.1, 0.15) is 67.7 Å². The second kappa shape index (κ2) is 11.9. The van der Waals surface area contributed by atoms with Gasteiger partial charge in [0.15, 0.2) is 0 Å². The number of piperidine rings is 1. The molecule has 1 N–H and O–H groups in total. The molecule has 3 heterocycles. The molecule has 0 spiro atoms. The van der Waals surface area contributed by atoms with Gasteiger partial charge in [0, 0.05) is 42.6 Å². The van der Waals surface area contributed by atoms with Crippen LogP contribution in [0.2, 0.25) is 5.02 Å². The molecule has 218 valence electrons. The van der Waals surface area contributed by atoms with Crippen LogP contribution in [-0.2, 0) is 27.5 Å². The maximum atomic E-state index is 13.3. The molecule has 3 aliphatic rings. The molecule has 0 aromatic heterocycles. The van der Waals surface area contributed by atoms with Crippen molar-refractivity contribution in [1.82, 2.24) is 14.5 Å². The second-order valence-corrected chi connectivity index (χ2v) is 13.0. The topological polar surface area (TPSA) is 79.0 Å². The molecular weight excluding hydrogens is 567 g/mol. The highest BCUT2D eigenvalue weighted by Crippen LogP contribution is 2.38. The van der Waals surface area contributed by atoms with Crippen molar-refractivity contribution >= 4 is 27.5 Å². The Kier molecular flexibility index (Phi) is 8.66. The van der Waals surface area contributed by atoms with Crippen LogP contribution in [0.3, 0.4) is 0 Å². The smallest absolute Gasteiger partial charge is 0.416 e. The minimum absolute atomic E-state index is 0.0916. The number of alkyl halides is 3. The van der Waals surface area contributed by atoms with E-state index in [9.17, 15) is 26.4 Å². The molecule has 12 heteroatoms. The first-order valence-electron chi connectivity index (χ1n) is 13.7. The number of likely N-dealkylation sites (tertiary alicyclic amines) is 1. The third-order valence-corrected chi connectivity index (χ3v) is 10.2. The first kappa shape index (κ1) is 29.2. The third kappa shape index (κ3) is 6.42. The number of hydrogen-bond acceptors (Lipinski definition) is 5. The van der Waals surface area contributed by atoms with Gasteiger partial charge in [-0.1, -0.05) is 24.1 Å². The summed E-state index contributed by atoms with van der Waals surface area (Å²) in [4.78, 5) is 15.1. The van der Waals surface area contributed by atoms with Crippen LogP contribution in [0.25, 0.3) is 0 Å². The van der Waals surface area contributed by atoms with E-state index in [-0.39, 0.29) is 24.9 Å². The second-order valence-electron chi connectivity index (χ2n) is 10.7. The standard InChI is InChI=1S/C28H33ClF3N3O4S/c29-24-17-23-25(9-13-39-26(23)14-19(24)18-34-10-2-1-3-11-34)33-27(36)16-21-7-5-12-35(21)40(37,38)22-8-4-6-20(15-22)28(30,31)32/h4,6,8,14-15,17,21,25H,1-3,5,7,9-13,16,18H2,(H,33,36)/t21-,25?/m1/s1. The molecule has 0 saturated carbocycles. The lowest BCUT2D eigenvalue weighted by Crippen LogP contribution is -2.40. The molecule has 0 aliphatic carbocycles. The third-order valence-electron chi connectivity index (χ3n) is 7.91. The van der Waals surface area contributed by atoms with E-state index < -0.39 is 32.7 Å². The van der Waals surface area contributed by atoms with Gasteiger partial charge in [0.25, 0.3) is 0 Å². The fourth-order valence-corrected chi connectivity index (χ4v) is 7.82. The number of nitrogens with one attached hydrogen (secondary N) is 1. The van der Waals surface area contributed by atoms with E-state index >= 15 is 0 Å². The van der Waals surface area contributed by atoms with Gasteiger partial charge in [0.1, 0.15) is 5.75 Å². The SMILES string of the molecule is O=C(C[C@H]1CCCN1S(=O)(=O)c1cccc(C(F)(F)F)c1)NC1CCOc2cc(CN3CCCCC3)c(Cl)cc21. The Morgan fingerprint density at radius 1 is 1.05 bits per heavy atom. The van der Waals surface area contributed by atoms with Gasteiger partial charge < -0.3 is 10.1 Å². The van der Waals surface area contributed by atoms with Crippen LogP contribution in [-0.4, -0.2) is 55.8 Å². The fourth-order valence-electron chi connectivity index (χ4n) is 5.85. The number of amides is 1. The maximum Gasteiger partial charge on any atom is 0.416 e. The lowest BCUT2D eigenvalue weighted by Gasteiger charge is -2.30. The quantitative estimate of drug-likeness (QED) is 0.453. The molecule has 0 radical (unpaired) electrons. The van der Waals surface area contributed by atoms with Crippen LogP contribution < -0.4 is 10.1 Å². The lowest BCUT2D eigenvalue weighted by molar-refractivity contribution is -0.137. The van der Waals surface area contributed by atoms with Gasteiger partial charge in [-0.3, -0.25) is 9.69 Å². The largest absolute Gasteiger partial charge is 0.493 e. The van der Waals surface area contributed by atoms with E-state index in [1.54, 1.807) is 0 Å². The normalized spacial score (nSPS) is 22.5. The van der Waals surface area contributed by atoms with Crippen molar-refractivity contribution in [3.63, 3.8) is 0 Å². The van der Waals surface area contributed by atoms with Crippen LogP contribution in [0.4, 0.5) is 13.2 Å². The molecule has 2 aromatic carbocycles. The summed E-state index contributed by atoms with van der Waals surface area (Å²) in [6.07, 6.45) is 0.345. The molecule has 1 unspecified atom stereocenters. The summed E-state index contributed by atoms with van der Waals surface area (Å²) < 4.78 is 73.1. The van der Waals surface area contributed by atoms with Gasteiger partial charge in [-0.2, -0.15) is 17.5 Å². The molecular formula is C28H33ClF3N3O4S. The molecule has 2 atom stereocenters. The summed E-state index contributed by atoms with van der Waals surface area (Å²) in [5, 5.41) is 3.63. The number of carbonyl (C=O) groups excluding carboxylic acids is 1. The number of benzene rings is 2. The summed E-state index contributed by atoms with van der Waals surface area (Å²) in [7, 11) is -4.21. The van der Waals surface area contributed by atoms with Crippen molar-refractivity contribution in [2.75, 3.05) is 26.2 Å². The summed E-state index contributed by atoms with van der Waals surface area (Å²) in [6.45, 7) is 3.38. The fraction of sp³-hybridized carbons (Fsp3) is 0.536.